The highest BCUT2D eigenvalue weighted by Crippen LogP contribution is 2.37. The molecule has 1 atom stereocenters. The smallest absolute Gasteiger partial charge is 0.385 e. The van der Waals surface area contributed by atoms with Crippen molar-refractivity contribution < 1.29 is 17.9 Å². The van der Waals surface area contributed by atoms with Gasteiger partial charge in [-0.2, -0.15) is 13.2 Å². The van der Waals surface area contributed by atoms with Gasteiger partial charge in [-0.15, -0.1) is 0 Å². The van der Waals surface area contributed by atoms with E-state index in [1.165, 1.54) is 6.08 Å². The molecule has 98 valence electrons. The van der Waals surface area contributed by atoms with Crippen molar-refractivity contribution in [2.75, 3.05) is 13.7 Å². The largest absolute Gasteiger partial charge is 0.412 e. The predicted octanol–water partition coefficient (Wildman–Crippen LogP) is 4.26. The van der Waals surface area contributed by atoms with E-state index in [1.807, 2.05) is 0 Å². The number of hydrogen-bond donors (Lipinski definition) is 0. The number of hydrogen-bond acceptors (Lipinski definition) is 1. The first-order chi connectivity index (χ1) is 7.95. The Morgan fingerprint density at radius 2 is 2.00 bits per heavy atom. The van der Waals surface area contributed by atoms with Crippen LogP contribution in [0.2, 0.25) is 0 Å². The van der Waals surface area contributed by atoms with E-state index in [0.717, 1.165) is 24.8 Å². The van der Waals surface area contributed by atoms with Crippen LogP contribution in [0.4, 0.5) is 13.2 Å². The Bertz CT molecular complexity index is 302. The monoisotopic (exact) mass is 248 g/mol. The van der Waals surface area contributed by atoms with Gasteiger partial charge in [0.15, 0.2) is 0 Å². The minimum absolute atomic E-state index is 0.404. The summed E-state index contributed by atoms with van der Waals surface area (Å²) in [5, 5.41) is 0. The standard InChI is InChI=1S/C13H19F3O/c1-10-9-11(5-3-4-8-17-2)6-7-12(10)13(14,15)16/h6-7,10H,3-5,8-9H2,1-2H3/t10-/m1/s1. The number of unbranched alkanes of at least 4 members (excludes halogenated alkanes) is 1. The van der Waals surface area contributed by atoms with Crippen molar-refractivity contribution in [2.24, 2.45) is 5.92 Å². The highest BCUT2D eigenvalue weighted by molar-refractivity contribution is 5.28. The second-order valence-corrected chi connectivity index (χ2v) is 4.50. The molecule has 0 unspecified atom stereocenters. The maximum absolute atomic E-state index is 12.6. The summed E-state index contributed by atoms with van der Waals surface area (Å²) in [4.78, 5) is 0. The Morgan fingerprint density at radius 3 is 2.53 bits per heavy atom. The Labute approximate surface area is 100 Å². The molecule has 0 amide bonds. The normalized spacial score (nSPS) is 21.1. The second-order valence-electron chi connectivity index (χ2n) is 4.50. The Morgan fingerprint density at radius 1 is 1.29 bits per heavy atom. The molecule has 4 heteroatoms. The summed E-state index contributed by atoms with van der Waals surface area (Å²) in [5.41, 5.74) is 0.708. The lowest BCUT2D eigenvalue weighted by atomic mass is 9.86. The van der Waals surface area contributed by atoms with E-state index in [4.69, 9.17) is 4.74 Å². The van der Waals surface area contributed by atoms with Crippen molar-refractivity contribution in [1.29, 1.82) is 0 Å². The van der Waals surface area contributed by atoms with E-state index in [2.05, 4.69) is 0 Å². The van der Waals surface area contributed by atoms with Crippen LogP contribution in [-0.4, -0.2) is 19.9 Å². The van der Waals surface area contributed by atoms with Gasteiger partial charge in [0, 0.05) is 19.3 Å². The van der Waals surface area contributed by atoms with Crippen molar-refractivity contribution >= 4 is 0 Å². The van der Waals surface area contributed by atoms with Crippen LogP contribution in [0.3, 0.4) is 0 Å². The second kappa shape index (κ2) is 6.24. The zero-order valence-corrected chi connectivity index (χ0v) is 10.3. The molecule has 1 rings (SSSR count). The Balaban J connectivity index is 2.50. The number of alkyl halides is 3. The van der Waals surface area contributed by atoms with Gasteiger partial charge in [-0.25, -0.2) is 0 Å². The van der Waals surface area contributed by atoms with Crippen molar-refractivity contribution in [2.45, 2.75) is 38.8 Å². The molecule has 1 nitrogen and oxygen atoms in total. The summed E-state index contributed by atoms with van der Waals surface area (Å²) in [7, 11) is 1.65. The predicted molar refractivity (Wildman–Crippen MR) is 61.7 cm³/mol. The summed E-state index contributed by atoms with van der Waals surface area (Å²) in [6.07, 6.45) is 2.01. The maximum Gasteiger partial charge on any atom is 0.412 e. The van der Waals surface area contributed by atoms with Gasteiger partial charge in [-0.3, -0.25) is 0 Å². The number of ether oxygens (including phenoxy) is 1. The summed E-state index contributed by atoms with van der Waals surface area (Å²) in [6.45, 7) is 2.36. The minimum atomic E-state index is -4.18. The van der Waals surface area contributed by atoms with E-state index < -0.39 is 17.7 Å². The van der Waals surface area contributed by atoms with Gasteiger partial charge in [-0.1, -0.05) is 24.6 Å². The number of methoxy groups -OCH3 is 1. The topological polar surface area (TPSA) is 9.23 Å². The summed E-state index contributed by atoms with van der Waals surface area (Å²) in [6, 6.07) is 0. The molecule has 1 aliphatic carbocycles. The quantitative estimate of drug-likeness (QED) is 0.660. The Kier molecular flexibility index (Phi) is 5.25. The third-order valence-corrected chi connectivity index (χ3v) is 3.02. The van der Waals surface area contributed by atoms with E-state index in [0.29, 0.717) is 13.0 Å². The van der Waals surface area contributed by atoms with Crippen LogP contribution in [0.5, 0.6) is 0 Å². The third-order valence-electron chi connectivity index (χ3n) is 3.02. The minimum Gasteiger partial charge on any atom is -0.385 e. The van der Waals surface area contributed by atoms with Crippen LogP contribution in [0.1, 0.15) is 32.6 Å². The van der Waals surface area contributed by atoms with Gasteiger partial charge >= 0.3 is 6.18 Å². The average Bonchev–Trinajstić information content (AvgIpc) is 2.23. The SMILES string of the molecule is COCCCCC1=CC=C(C(F)(F)F)[C@H](C)C1. The van der Waals surface area contributed by atoms with Gasteiger partial charge in [0.05, 0.1) is 0 Å². The first-order valence-electron chi connectivity index (χ1n) is 5.91. The third kappa shape index (κ3) is 4.54. The maximum atomic E-state index is 12.6. The lowest BCUT2D eigenvalue weighted by molar-refractivity contribution is -0.0985. The van der Waals surface area contributed by atoms with Crippen molar-refractivity contribution in [3.05, 3.63) is 23.3 Å². The van der Waals surface area contributed by atoms with Crippen LogP contribution >= 0.6 is 0 Å². The fourth-order valence-electron chi connectivity index (χ4n) is 2.10. The fraction of sp³-hybridized carbons (Fsp3) is 0.692. The molecule has 0 radical (unpaired) electrons. The number of allylic oxidation sites excluding steroid dienone is 4. The molecule has 1 aliphatic rings. The molecule has 0 bridgehead atoms. The molecule has 0 aliphatic heterocycles. The highest BCUT2D eigenvalue weighted by Gasteiger charge is 2.37. The van der Waals surface area contributed by atoms with Crippen LogP contribution < -0.4 is 0 Å². The lowest BCUT2D eigenvalue weighted by Crippen LogP contribution is -2.20. The van der Waals surface area contributed by atoms with Gasteiger partial charge in [-0.05, 0) is 31.6 Å². The van der Waals surface area contributed by atoms with Crippen molar-refractivity contribution in [1.82, 2.24) is 0 Å². The Hall–Kier alpha value is -0.770. The molecule has 0 saturated carbocycles. The molecule has 0 heterocycles. The van der Waals surface area contributed by atoms with Crippen LogP contribution in [0, 0.1) is 5.92 Å². The molecule has 0 fully saturated rings. The zero-order valence-electron chi connectivity index (χ0n) is 10.3. The van der Waals surface area contributed by atoms with E-state index in [-0.39, 0.29) is 0 Å². The molecular weight excluding hydrogens is 229 g/mol. The molecular formula is C13H19F3O. The first-order valence-corrected chi connectivity index (χ1v) is 5.91. The molecule has 0 saturated heterocycles. The van der Waals surface area contributed by atoms with Gasteiger partial charge in [0.1, 0.15) is 0 Å². The van der Waals surface area contributed by atoms with Gasteiger partial charge < -0.3 is 4.74 Å². The van der Waals surface area contributed by atoms with Gasteiger partial charge in [0.2, 0.25) is 0 Å². The molecule has 0 aromatic heterocycles. The molecule has 0 N–H and O–H groups in total. The fourth-order valence-corrected chi connectivity index (χ4v) is 2.10. The number of rotatable bonds is 5. The van der Waals surface area contributed by atoms with E-state index in [9.17, 15) is 13.2 Å². The van der Waals surface area contributed by atoms with Gasteiger partial charge in [0.25, 0.3) is 0 Å². The van der Waals surface area contributed by atoms with Crippen LogP contribution in [0.25, 0.3) is 0 Å². The van der Waals surface area contributed by atoms with E-state index in [1.54, 1.807) is 20.1 Å². The molecule has 17 heavy (non-hydrogen) atoms. The molecule has 0 aromatic carbocycles. The molecule has 0 aromatic rings. The van der Waals surface area contributed by atoms with E-state index >= 15 is 0 Å². The van der Waals surface area contributed by atoms with Crippen LogP contribution in [0.15, 0.2) is 23.3 Å². The molecule has 0 spiro atoms. The number of halogens is 3. The first kappa shape index (κ1) is 14.3. The van der Waals surface area contributed by atoms with Crippen molar-refractivity contribution in [3.63, 3.8) is 0 Å². The highest BCUT2D eigenvalue weighted by atomic mass is 19.4. The summed E-state index contributed by atoms with van der Waals surface area (Å²) >= 11 is 0. The summed E-state index contributed by atoms with van der Waals surface area (Å²) < 4.78 is 42.6. The van der Waals surface area contributed by atoms with Crippen molar-refractivity contribution in [3.8, 4) is 0 Å². The zero-order chi connectivity index (χ0) is 12.9. The summed E-state index contributed by atoms with van der Waals surface area (Å²) in [5.74, 6) is -0.419. The van der Waals surface area contributed by atoms with Crippen LogP contribution in [-0.2, 0) is 4.74 Å². The lowest BCUT2D eigenvalue weighted by Gasteiger charge is -2.23. The average molecular weight is 248 g/mol.